The van der Waals surface area contributed by atoms with Gasteiger partial charge in [0.25, 0.3) is 0 Å². The summed E-state index contributed by atoms with van der Waals surface area (Å²) < 4.78 is 51.6. The predicted octanol–water partition coefficient (Wildman–Crippen LogP) is 3.19. The fraction of sp³-hybridized carbons (Fsp3) is 0.571. The van der Waals surface area contributed by atoms with E-state index in [-0.39, 0.29) is 12.1 Å². The summed E-state index contributed by atoms with van der Waals surface area (Å²) in [5, 5.41) is 0. The number of nitrogens with two attached hydrogens (primary N) is 1. The Hall–Kier alpha value is -1.14. The summed E-state index contributed by atoms with van der Waals surface area (Å²) >= 11 is 0. The molecule has 20 heavy (non-hydrogen) atoms. The smallest absolute Gasteiger partial charge is 0.329 e. The number of benzene rings is 1. The van der Waals surface area contributed by atoms with Gasteiger partial charge in [-0.3, -0.25) is 4.90 Å². The van der Waals surface area contributed by atoms with E-state index in [4.69, 9.17) is 5.73 Å². The van der Waals surface area contributed by atoms with Crippen LogP contribution >= 0.6 is 0 Å². The van der Waals surface area contributed by atoms with Crippen molar-refractivity contribution in [2.45, 2.75) is 25.1 Å². The number of halogens is 4. The summed E-state index contributed by atoms with van der Waals surface area (Å²) in [4.78, 5) is 1.91. The first-order valence-corrected chi connectivity index (χ1v) is 6.59. The number of nitrogens with zero attached hydrogens (tertiary/aromatic N) is 1. The topological polar surface area (TPSA) is 29.3 Å². The van der Waals surface area contributed by atoms with Gasteiger partial charge in [-0.15, -0.1) is 0 Å². The highest BCUT2D eigenvalue weighted by molar-refractivity contribution is 5.29. The van der Waals surface area contributed by atoms with Crippen molar-refractivity contribution in [3.05, 3.63) is 35.1 Å². The SMILES string of the molecule is CN(CC1CC1)C(CN)c1cc(F)cc(C(F)(F)F)c1. The molecular formula is C14H18F4N2. The van der Waals surface area contributed by atoms with E-state index in [0.717, 1.165) is 31.5 Å². The first-order chi connectivity index (χ1) is 9.31. The minimum Gasteiger partial charge on any atom is -0.329 e. The maximum atomic E-state index is 13.4. The summed E-state index contributed by atoms with van der Waals surface area (Å²) in [6.07, 6.45) is -2.28. The van der Waals surface area contributed by atoms with Gasteiger partial charge in [0.05, 0.1) is 5.56 Å². The van der Waals surface area contributed by atoms with Gasteiger partial charge in [0.2, 0.25) is 0 Å². The van der Waals surface area contributed by atoms with Crippen LogP contribution in [-0.4, -0.2) is 25.0 Å². The Kier molecular flexibility index (Phi) is 4.34. The Morgan fingerprint density at radius 2 is 1.95 bits per heavy atom. The van der Waals surface area contributed by atoms with Gasteiger partial charge in [0.15, 0.2) is 0 Å². The number of hydrogen-bond acceptors (Lipinski definition) is 2. The van der Waals surface area contributed by atoms with E-state index in [0.29, 0.717) is 12.0 Å². The molecule has 6 heteroatoms. The Morgan fingerprint density at radius 3 is 2.45 bits per heavy atom. The van der Waals surface area contributed by atoms with Crippen molar-refractivity contribution < 1.29 is 17.6 Å². The van der Waals surface area contributed by atoms with Crippen LogP contribution in [0.25, 0.3) is 0 Å². The quantitative estimate of drug-likeness (QED) is 0.844. The molecule has 2 N–H and O–H groups in total. The van der Waals surface area contributed by atoms with Gasteiger partial charge in [-0.2, -0.15) is 13.2 Å². The van der Waals surface area contributed by atoms with Gasteiger partial charge in [-0.25, -0.2) is 4.39 Å². The number of alkyl halides is 3. The van der Waals surface area contributed by atoms with Gasteiger partial charge in [0.1, 0.15) is 5.82 Å². The zero-order valence-corrected chi connectivity index (χ0v) is 11.3. The van der Waals surface area contributed by atoms with Crippen molar-refractivity contribution in [3.63, 3.8) is 0 Å². The molecule has 1 aromatic rings. The highest BCUT2D eigenvalue weighted by Crippen LogP contribution is 2.34. The van der Waals surface area contributed by atoms with Crippen LogP contribution in [0.15, 0.2) is 18.2 Å². The van der Waals surface area contributed by atoms with Crippen molar-refractivity contribution in [1.29, 1.82) is 0 Å². The molecule has 1 unspecified atom stereocenters. The van der Waals surface area contributed by atoms with Crippen LogP contribution in [0.2, 0.25) is 0 Å². The largest absolute Gasteiger partial charge is 0.416 e. The van der Waals surface area contributed by atoms with Gasteiger partial charge in [0, 0.05) is 19.1 Å². The summed E-state index contributed by atoms with van der Waals surface area (Å²) in [6, 6.07) is 2.24. The van der Waals surface area contributed by atoms with E-state index in [2.05, 4.69) is 0 Å². The molecule has 0 saturated heterocycles. The summed E-state index contributed by atoms with van der Waals surface area (Å²) in [7, 11) is 1.81. The van der Waals surface area contributed by atoms with Crippen LogP contribution < -0.4 is 5.73 Å². The van der Waals surface area contributed by atoms with Crippen LogP contribution in [0.4, 0.5) is 17.6 Å². The molecular weight excluding hydrogens is 272 g/mol. The summed E-state index contributed by atoms with van der Waals surface area (Å²) in [5.41, 5.74) is 4.98. The van der Waals surface area contributed by atoms with Crippen molar-refractivity contribution >= 4 is 0 Å². The predicted molar refractivity (Wildman–Crippen MR) is 68.6 cm³/mol. The number of hydrogen-bond donors (Lipinski definition) is 1. The molecule has 0 bridgehead atoms. The minimum absolute atomic E-state index is 0.157. The van der Waals surface area contributed by atoms with Crippen molar-refractivity contribution in [2.24, 2.45) is 11.7 Å². The second-order valence-corrected chi connectivity index (χ2v) is 5.41. The second kappa shape index (κ2) is 5.69. The number of likely N-dealkylation sites (N-methyl/N-ethyl adjacent to an activating group) is 1. The van der Waals surface area contributed by atoms with Gasteiger partial charge >= 0.3 is 6.18 Å². The third-order valence-electron chi connectivity index (χ3n) is 3.63. The summed E-state index contributed by atoms with van der Waals surface area (Å²) in [5.74, 6) is -0.294. The van der Waals surface area contributed by atoms with E-state index < -0.39 is 23.6 Å². The fourth-order valence-electron chi connectivity index (χ4n) is 2.37. The second-order valence-electron chi connectivity index (χ2n) is 5.41. The first-order valence-electron chi connectivity index (χ1n) is 6.59. The van der Waals surface area contributed by atoms with Crippen LogP contribution in [0.1, 0.15) is 30.0 Å². The van der Waals surface area contributed by atoms with Crippen molar-refractivity contribution in [2.75, 3.05) is 20.1 Å². The molecule has 1 atom stereocenters. The highest BCUT2D eigenvalue weighted by atomic mass is 19.4. The maximum Gasteiger partial charge on any atom is 0.416 e. The maximum absolute atomic E-state index is 13.4. The van der Waals surface area contributed by atoms with E-state index in [1.165, 1.54) is 0 Å². The molecule has 1 fully saturated rings. The lowest BCUT2D eigenvalue weighted by molar-refractivity contribution is -0.137. The number of rotatable bonds is 5. The van der Waals surface area contributed by atoms with Crippen LogP contribution in [0.3, 0.4) is 0 Å². The molecule has 0 spiro atoms. The lowest BCUT2D eigenvalue weighted by atomic mass is 10.0. The van der Waals surface area contributed by atoms with Gasteiger partial charge in [-0.1, -0.05) is 0 Å². The Morgan fingerprint density at radius 1 is 1.30 bits per heavy atom. The van der Waals surface area contributed by atoms with Gasteiger partial charge < -0.3 is 5.73 Å². The molecule has 1 saturated carbocycles. The standard InChI is InChI=1S/C14H18F4N2/c1-20(8-9-2-3-9)13(7-19)10-4-11(14(16,17)18)6-12(15)5-10/h4-6,9,13H,2-3,7-8,19H2,1H3. The van der Waals surface area contributed by atoms with E-state index in [9.17, 15) is 17.6 Å². The van der Waals surface area contributed by atoms with Crippen molar-refractivity contribution in [3.8, 4) is 0 Å². The lowest BCUT2D eigenvalue weighted by Crippen LogP contribution is -2.32. The fourth-order valence-corrected chi connectivity index (χ4v) is 2.37. The average Bonchev–Trinajstić information content (AvgIpc) is 3.12. The Labute approximate surface area is 115 Å². The van der Waals surface area contributed by atoms with E-state index in [1.54, 1.807) is 0 Å². The first kappa shape index (κ1) is 15.3. The monoisotopic (exact) mass is 290 g/mol. The Bertz CT molecular complexity index is 469. The molecule has 2 rings (SSSR count). The summed E-state index contributed by atoms with van der Waals surface area (Å²) in [6.45, 7) is 0.934. The van der Waals surface area contributed by atoms with Crippen molar-refractivity contribution in [1.82, 2.24) is 4.90 Å². The molecule has 0 amide bonds. The third kappa shape index (κ3) is 3.70. The molecule has 112 valence electrons. The zero-order chi connectivity index (χ0) is 14.9. The third-order valence-corrected chi connectivity index (χ3v) is 3.63. The molecule has 0 heterocycles. The minimum atomic E-state index is -4.55. The average molecular weight is 290 g/mol. The van der Waals surface area contributed by atoms with E-state index >= 15 is 0 Å². The molecule has 0 aliphatic heterocycles. The lowest BCUT2D eigenvalue weighted by Gasteiger charge is -2.28. The van der Waals surface area contributed by atoms with Crippen LogP contribution in [0, 0.1) is 11.7 Å². The molecule has 1 aromatic carbocycles. The molecule has 0 aromatic heterocycles. The normalized spacial score (nSPS) is 17.6. The van der Waals surface area contributed by atoms with Crippen LogP contribution in [-0.2, 0) is 6.18 Å². The Balaban J connectivity index is 2.26. The molecule has 1 aliphatic rings. The van der Waals surface area contributed by atoms with Gasteiger partial charge in [-0.05, 0) is 49.6 Å². The molecule has 0 radical (unpaired) electrons. The zero-order valence-electron chi connectivity index (χ0n) is 11.3. The highest BCUT2D eigenvalue weighted by Gasteiger charge is 2.33. The van der Waals surface area contributed by atoms with Crippen LogP contribution in [0.5, 0.6) is 0 Å². The van der Waals surface area contributed by atoms with E-state index in [1.807, 2.05) is 11.9 Å². The molecule has 2 nitrogen and oxygen atoms in total. The molecule has 1 aliphatic carbocycles.